The second-order valence-electron chi connectivity index (χ2n) is 5.35. The van der Waals surface area contributed by atoms with Gasteiger partial charge in [0.1, 0.15) is 11.3 Å². The number of nitrogens with zero attached hydrogens (tertiary/aromatic N) is 2. The third kappa shape index (κ3) is 2.20. The van der Waals surface area contributed by atoms with Crippen molar-refractivity contribution in [3.63, 3.8) is 0 Å². The second-order valence-corrected chi connectivity index (χ2v) is 6.01. The van der Waals surface area contributed by atoms with Crippen LogP contribution in [0.1, 0.15) is 51.7 Å². The zero-order valence-electron chi connectivity index (χ0n) is 12.2. The summed E-state index contributed by atoms with van der Waals surface area (Å²) in [5, 5.41) is -0.373. The number of benzene rings is 1. The number of alkyl halides is 1. The van der Waals surface area contributed by atoms with Crippen LogP contribution in [0.2, 0.25) is 0 Å². The van der Waals surface area contributed by atoms with Crippen molar-refractivity contribution >= 4 is 22.6 Å². The molecule has 0 aliphatic carbocycles. The molecule has 0 N–H and O–H groups in total. The first kappa shape index (κ1) is 15.2. The number of hydrogen-bond donors (Lipinski definition) is 0. The summed E-state index contributed by atoms with van der Waals surface area (Å²) in [7, 11) is 0. The summed E-state index contributed by atoms with van der Waals surface area (Å²) in [5.74, 6) is -1.13. The summed E-state index contributed by atoms with van der Waals surface area (Å²) in [4.78, 5) is 4.40. The van der Waals surface area contributed by atoms with Crippen molar-refractivity contribution in [3.8, 4) is 0 Å². The van der Waals surface area contributed by atoms with Gasteiger partial charge in [-0.25, -0.2) is 13.8 Å². The van der Waals surface area contributed by atoms with E-state index < -0.39 is 11.6 Å². The first-order chi connectivity index (χ1) is 9.35. The predicted octanol–water partition coefficient (Wildman–Crippen LogP) is 5.15. The molecule has 1 aromatic carbocycles. The highest BCUT2D eigenvalue weighted by Crippen LogP contribution is 2.36. The minimum atomic E-state index is -0.859. The third-order valence-corrected chi connectivity index (χ3v) is 4.35. The Morgan fingerprint density at radius 3 is 2.40 bits per heavy atom. The van der Waals surface area contributed by atoms with E-state index in [2.05, 4.69) is 4.98 Å². The van der Waals surface area contributed by atoms with E-state index in [0.717, 1.165) is 18.9 Å². The van der Waals surface area contributed by atoms with Gasteiger partial charge in [0.25, 0.3) is 0 Å². The molecule has 1 heterocycles. The standard InChI is InChI=1S/C15H19ClF2N2/c1-5-15(4,6-2)20-13-11(19-14(20)9(3)16)8-7-10(17)12(13)18/h7-9H,5-6H2,1-4H3. The largest absolute Gasteiger partial charge is 0.318 e. The first-order valence-electron chi connectivity index (χ1n) is 6.86. The Labute approximate surface area is 122 Å². The fourth-order valence-corrected chi connectivity index (χ4v) is 2.65. The lowest BCUT2D eigenvalue weighted by Crippen LogP contribution is -2.30. The Bertz CT molecular complexity index is 630. The summed E-state index contributed by atoms with van der Waals surface area (Å²) in [6.45, 7) is 7.85. The Morgan fingerprint density at radius 1 is 1.30 bits per heavy atom. The highest BCUT2D eigenvalue weighted by atomic mass is 35.5. The van der Waals surface area contributed by atoms with E-state index >= 15 is 0 Å². The Balaban J connectivity index is 2.91. The van der Waals surface area contributed by atoms with Crippen molar-refractivity contribution < 1.29 is 8.78 Å². The van der Waals surface area contributed by atoms with Crippen molar-refractivity contribution in [2.24, 2.45) is 0 Å². The van der Waals surface area contributed by atoms with Gasteiger partial charge in [-0.15, -0.1) is 11.6 Å². The monoisotopic (exact) mass is 300 g/mol. The molecule has 0 radical (unpaired) electrons. The minimum Gasteiger partial charge on any atom is -0.318 e. The van der Waals surface area contributed by atoms with Crippen LogP contribution in [0.15, 0.2) is 12.1 Å². The fourth-order valence-electron chi connectivity index (χ4n) is 2.50. The van der Waals surface area contributed by atoms with Gasteiger partial charge in [-0.05, 0) is 38.8 Å². The van der Waals surface area contributed by atoms with Gasteiger partial charge in [0.05, 0.1) is 10.9 Å². The molecule has 0 fully saturated rings. The molecular formula is C15H19ClF2N2. The molecule has 110 valence electrons. The molecule has 1 aromatic heterocycles. The van der Waals surface area contributed by atoms with Gasteiger partial charge >= 0.3 is 0 Å². The number of fused-ring (bicyclic) bond motifs is 1. The molecular weight excluding hydrogens is 282 g/mol. The quantitative estimate of drug-likeness (QED) is 0.714. The molecule has 1 unspecified atom stereocenters. The molecule has 0 amide bonds. The van der Waals surface area contributed by atoms with Gasteiger partial charge in [-0.2, -0.15) is 0 Å². The smallest absolute Gasteiger partial charge is 0.184 e. The molecule has 5 heteroatoms. The zero-order valence-corrected chi connectivity index (χ0v) is 12.9. The molecule has 2 rings (SSSR count). The maximum absolute atomic E-state index is 14.3. The SMILES string of the molecule is CCC(C)(CC)n1c(C(C)Cl)nc2ccc(F)c(F)c21. The minimum absolute atomic E-state index is 0.207. The van der Waals surface area contributed by atoms with Crippen molar-refractivity contribution in [2.75, 3.05) is 0 Å². The van der Waals surface area contributed by atoms with Crippen molar-refractivity contribution in [1.29, 1.82) is 0 Å². The lowest BCUT2D eigenvalue weighted by Gasteiger charge is -2.32. The number of rotatable bonds is 4. The van der Waals surface area contributed by atoms with Crippen LogP contribution in [0.4, 0.5) is 8.78 Å². The Hall–Kier alpha value is -1.16. The summed E-state index contributed by atoms with van der Waals surface area (Å²) in [6.07, 6.45) is 1.56. The highest BCUT2D eigenvalue weighted by Gasteiger charge is 2.31. The number of imidazole rings is 1. The fraction of sp³-hybridized carbons (Fsp3) is 0.533. The summed E-state index contributed by atoms with van der Waals surface area (Å²) in [6, 6.07) is 2.60. The van der Waals surface area contributed by atoms with Crippen LogP contribution in [0.25, 0.3) is 11.0 Å². The highest BCUT2D eigenvalue weighted by molar-refractivity contribution is 6.20. The van der Waals surface area contributed by atoms with Crippen LogP contribution in [0.5, 0.6) is 0 Å². The van der Waals surface area contributed by atoms with Crippen LogP contribution in [0.3, 0.4) is 0 Å². The van der Waals surface area contributed by atoms with E-state index in [1.807, 2.05) is 20.8 Å². The van der Waals surface area contributed by atoms with Crippen LogP contribution < -0.4 is 0 Å². The topological polar surface area (TPSA) is 17.8 Å². The lowest BCUT2D eigenvalue weighted by atomic mass is 9.94. The average molecular weight is 301 g/mol. The van der Waals surface area contributed by atoms with Crippen molar-refractivity contribution in [3.05, 3.63) is 29.6 Å². The van der Waals surface area contributed by atoms with Crippen LogP contribution >= 0.6 is 11.6 Å². The zero-order chi connectivity index (χ0) is 15.1. The molecule has 0 aliphatic heterocycles. The average Bonchev–Trinajstić information content (AvgIpc) is 2.83. The van der Waals surface area contributed by atoms with E-state index in [1.165, 1.54) is 6.07 Å². The molecule has 2 nitrogen and oxygen atoms in total. The molecule has 0 bridgehead atoms. The summed E-state index contributed by atoms with van der Waals surface area (Å²) < 4.78 is 29.6. The molecule has 0 aliphatic rings. The van der Waals surface area contributed by atoms with Crippen molar-refractivity contribution in [2.45, 2.75) is 51.5 Å². The van der Waals surface area contributed by atoms with Gasteiger partial charge in [0.15, 0.2) is 11.6 Å². The van der Waals surface area contributed by atoms with E-state index in [-0.39, 0.29) is 16.4 Å². The van der Waals surface area contributed by atoms with Crippen molar-refractivity contribution in [1.82, 2.24) is 9.55 Å². The van der Waals surface area contributed by atoms with Crippen LogP contribution in [-0.2, 0) is 5.54 Å². The molecule has 0 saturated carbocycles. The van der Waals surface area contributed by atoms with Gasteiger partial charge in [0.2, 0.25) is 0 Å². The first-order valence-corrected chi connectivity index (χ1v) is 7.30. The van der Waals surface area contributed by atoms with Crippen LogP contribution in [0, 0.1) is 11.6 Å². The van der Waals surface area contributed by atoms with Gasteiger partial charge in [0, 0.05) is 5.54 Å². The van der Waals surface area contributed by atoms with Crippen LogP contribution in [-0.4, -0.2) is 9.55 Å². The number of aromatic nitrogens is 2. The Morgan fingerprint density at radius 2 is 1.90 bits per heavy atom. The second kappa shape index (κ2) is 5.32. The van der Waals surface area contributed by atoms with E-state index in [4.69, 9.17) is 11.6 Å². The maximum atomic E-state index is 14.3. The molecule has 20 heavy (non-hydrogen) atoms. The molecule has 0 spiro atoms. The van der Waals surface area contributed by atoms with E-state index in [0.29, 0.717) is 11.3 Å². The molecule has 0 saturated heterocycles. The normalized spacial score (nSPS) is 13.9. The summed E-state index contributed by atoms with van der Waals surface area (Å²) in [5.41, 5.74) is 0.306. The van der Waals surface area contributed by atoms with Gasteiger partial charge in [-0.3, -0.25) is 0 Å². The Kier molecular flexibility index (Phi) is 4.05. The number of hydrogen-bond acceptors (Lipinski definition) is 1. The molecule has 1 atom stereocenters. The molecule has 2 aromatic rings. The maximum Gasteiger partial charge on any atom is 0.184 e. The van der Waals surface area contributed by atoms with Gasteiger partial charge in [-0.1, -0.05) is 13.8 Å². The summed E-state index contributed by atoms with van der Waals surface area (Å²) >= 11 is 6.19. The third-order valence-electron chi connectivity index (χ3n) is 4.15. The predicted molar refractivity (Wildman–Crippen MR) is 78.1 cm³/mol. The number of halogens is 3. The van der Waals surface area contributed by atoms with Gasteiger partial charge < -0.3 is 4.57 Å². The van der Waals surface area contributed by atoms with E-state index in [9.17, 15) is 8.78 Å². The lowest BCUT2D eigenvalue weighted by molar-refractivity contribution is 0.291. The van der Waals surface area contributed by atoms with E-state index in [1.54, 1.807) is 11.5 Å².